The van der Waals surface area contributed by atoms with Crippen molar-refractivity contribution in [3.05, 3.63) is 59.5 Å². The van der Waals surface area contributed by atoms with Crippen molar-refractivity contribution in [3.63, 3.8) is 0 Å². The largest absolute Gasteiger partial charge is 0.467 e. The molecule has 1 atom stereocenters. The molecule has 3 rings (SSSR count). The van der Waals surface area contributed by atoms with Crippen LogP contribution < -0.4 is 10.9 Å². The van der Waals surface area contributed by atoms with Crippen molar-refractivity contribution in [2.75, 3.05) is 6.54 Å². The average Bonchev–Trinajstić information content (AvgIpc) is 3.30. The van der Waals surface area contributed by atoms with Crippen LogP contribution in [0, 0.1) is 5.92 Å². The lowest BCUT2D eigenvalue weighted by Crippen LogP contribution is -2.45. The quantitative estimate of drug-likeness (QED) is 0.791. The zero-order chi connectivity index (χ0) is 19.4. The number of carbonyl (C=O) groups excluding carboxylic acids is 3. The zero-order valence-corrected chi connectivity index (χ0v) is 15.4. The van der Waals surface area contributed by atoms with Crippen molar-refractivity contribution in [2.45, 2.75) is 32.7 Å². The molecule has 1 saturated heterocycles. The molecule has 27 heavy (non-hydrogen) atoms. The summed E-state index contributed by atoms with van der Waals surface area (Å²) in [7, 11) is 0. The number of rotatable bonds is 5. The number of amides is 3. The molecule has 0 bridgehead atoms. The van der Waals surface area contributed by atoms with Crippen LogP contribution in [0.15, 0.2) is 47.1 Å². The molecule has 2 N–H and O–H groups in total. The van der Waals surface area contributed by atoms with Crippen LogP contribution in [0.5, 0.6) is 0 Å². The Morgan fingerprint density at radius 2 is 1.93 bits per heavy atom. The van der Waals surface area contributed by atoms with Crippen LogP contribution in [0.1, 0.15) is 47.9 Å². The fraction of sp³-hybridized carbons (Fsp3) is 0.350. The Morgan fingerprint density at radius 1 is 1.19 bits per heavy atom. The minimum Gasteiger partial charge on any atom is -0.467 e. The Kier molecular flexibility index (Phi) is 5.59. The van der Waals surface area contributed by atoms with Gasteiger partial charge in [-0.05, 0) is 35.7 Å². The normalized spacial score (nSPS) is 16.6. The zero-order valence-electron chi connectivity index (χ0n) is 15.4. The van der Waals surface area contributed by atoms with Crippen LogP contribution in [0.4, 0.5) is 0 Å². The Labute approximate surface area is 157 Å². The van der Waals surface area contributed by atoms with Gasteiger partial charge in [-0.15, -0.1) is 0 Å². The SMILES string of the molecule is CC(C)c1ccc(C(=O)NNC(=O)C2CC(=O)N(Cc3ccco3)C2)cc1. The Hall–Kier alpha value is -3.09. The second kappa shape index (κ2) is 8.07. The number of hydrogen-bond donors (Lipinski definition) is 2. The summed E-state index contributed by atoms with van der Waals surface area (Å²) >= 11 is 0. The van der Waals surface area contributed by atoms with Gasteiger partial charge in [0.05, 0.1) is 18.7 Å². The Morgan fingerprint density at radius 3 is 2.56 bits per heavy atom. The van der Waals surface area contributed by atoms with E-state index in [1.165, 1.54) is 0 Å². The second-order valence-electron chi connectivity index (χ2n) is 6.97. The van der Waals surface area contributed by atoms with Crippen LogP contribution in [-0.4, -0.2) is 29.2 Å². The molecule has 1 fully saturated rings. The highest BCUT2D eigenvalue weighted by atomic mass is 16.3. The van der Waals surface area contributed by atoms with Gasteiger partial charge in [0.25, 0.3) is 5.91 Å². The van der Waals surface area contributed by atoms with Gasteiger partial charge in [-0.1, -0.05) is 26.0 Å². The predicted molar refractivity (Wildman–Crippen MR) is 98.4 cm³/mol. The molecule has 3 amide bonds. The predicted octanol–water partition coefficient (Wildman–Crippen LogP) is 2.21. The summed E-state index contributed by atoms with van der Waals surface area (Å²) in [6.07, 6.45) is 1.66. The van der Waals surface area contributed by atoms with Crippen LogP contribution in [0.25, 0.3) is 0 Å². The highest BCUT2D eigenvalue weighted by Gasteiger charge is 2.34. The monoisotopic (exact) mass is 369 g/mol. The van der Waals surface area contributed by atoms with E-state index in [2.05, 4.69) is 24.7 Å². The molecule has 1 aromatic carbocycles. The molecule has 7 heteroatoms. The van der Waals surface area contributed by atoms with E-state index in [-0.39, 0.29) is 18.2 Å². The maximum absolute atomic E-state index is 12.3. The molecule has 7 nitrogen and oxygen atoms in total. The third-order valence-electron chi connectivity index (χ3n) is 4.65. The van der Waals surface area contributed by atoms with Crippen LogP contribution in [0.2, 0.25) is 0 Å². The minimum atomic E-state index is -0.504. The summed E-state index contributed by atoms with van der Waals surface area (Å²) in [5, 5.41) is 0. The van der Waals surface area contributed by atoms with Gasteiger partial charge in [0, 0.05) is 18.5 Å². The first-order valence-corrected chi connectivity index (χ1v) is 8.94. The lowest BCUT2D eigenvalue weighted by molar-refractivity contribution is -0.129. The third kappa shape index (κ3) is 4.55. The van der Waals surface area contributed by atoms with E-state index in [9.17, 15) is 14.4 Å². The van der Waals surface area contributed by atoms with Gasteiger partial charge in [0.2, 0.25) is 11.8 Å². The summed E-state index contributed by atoms with van der Waals surface area (Å²) in [4.78, 5) is 38.1. The van der Waals surface area contributed by atoms with Gasteiger partial charge in [-0.25, -0.2) is 0 Å². The van der Waals surface area contributed by atoms with Crippen molar-refractivity contribution >= 4 is 17.7 Å². The molecule has 0 saturated carbocycles. The van der Waals surface area contributed by atoms with Crippen molar-refractivity contribution in [1.29, 1.82) is 0 Å². The summed E-state index contributed by atoms with van der Waals surface area (Å²) < 4.78 is 5.24. The highest BCUT2D eigenvalue weighted by molar-refractivity contribution is 5.96. The number of nitrogens with zero attached hydrogens (tertiary/aromatic N) is 1. The molecule has 0 aliphatic carbocycles. The number of nitrogens with one attached hydrogen (secondary N) is 2. The van der Waals surface area contributed by atoms with Gasteiger partial charge in [-0.3, -0.25) is 25.2 Å². The molecule has 0 spiro atoms. The summed E-state index contributed by atoms with van der Waals surface area (Å²) in [6, 6.07) is 10.8. The molecule has 142 valence electrons. The first-order valence-electron chi connectivity index (χ1n) is 8.94. The maximum atomic E-state index is 12.3. The number of likely N-dealkylation sites (tertiary alicyclic amines) is 1. The maximum Gasteiger partial charge on any atom is 0.269 e. The fourth-order valence-electron chi connectivity index (χ4n) is 3.00. The molecule has 2 heterocycles. The highest BCUT2D eigenvalue weighted by Crippen LogP contribution is 2.20. The minimum absolute atomic E-state index is 0.109. The van der Waals surface area contributed by atoms with E-state index in [1.54, 1.807) is 35.4 Å². The number of hydrazine groups is 1. The smallest absolute Gasteiger partial charge is 0.269 e. The summed E-state index contributed by atoms with van der Waals surface area (Å²) in [6.45, 7) is 4.79. The second-order valence-corrected chi connectivity index (χ2v) is 6.97. The third-order valence-corrected chi connectivity index (χ3v) is 4.65. The average molecular weight is 369 g/mol. The molecule has 1 aromatic heterocycles. The van der Waals surface area contributed by atoms with Crippen LogP contribution >= 0.6 is 0 Å². The van der Waals surface area contributed by atoms with E-state index >= 15 is 0 Å². The molecular formula is C20H23N3O4. The van der Waals surface area contributed by atoms with Crippen LogP contribution in [-0.2, 0) is 16.1 Å². The Balaban J connectivity index is 1.50. The molecular weight excluding hydrogens is 346 g/mol. The standard InChI is InChI=1S/C20H23N3O4/c1-13(2)14-5-7-15(8-6-14)19(25)21-22-20(26)16-10-18(24)23(11-16)12-17-4-3-9-27-17/h3-9,13,16H,10-12H2,1-2H3,(H,21,25)(H,22,26). The van der Waals surface area contributed by atoms with Gasteiger partial charge in [0.1, 0.15) is 5.76 Å². The summed E-state index contributed by atoms with van der Waals surface area (Å²) in [5.74, 6) is -0.334. The molecule has 0 radical (unpaired) electrons. The van der Waals surface area contributed by atoms with E-state index in [1.807, 2.05) is 12.1 Å². The van der Waals surface area contributed by atoms with E-state index in [0.29, 0.717) is 30.3 Å². The van der Waals surface area contributed by atoms with Gasteiger partial charge in [-0.2, -0.15) is 0 Å². The number of furan rings is 1. The molecule has 2 aromatic rings. The van der Waals surface area contributed by atoms with Gasteiger partial charge >= 0.3 is 0 Å². The van der Waals surface area contributed by atoms with E-state index < -0.39 is 11.8 Å². The fourth-order valence-corrected chi connectivity index (χ4v) is 3.00. The number of carbonyl (C=O) groups is 3. The van der Waals surface area contributed by atoms with Gasteiger partial charge in [0.15, 0.2) is 0 Å². The number of hydrogen-bond acceptors (Lipinski definition) is 4. The van der Waals surface area contributed by atoms with E-state index in [4.69, 9.17) is 4.42 Å². The van der Waals surface area contributed by atoms with Crippen molar-refractivity contribution in [1.82, 2.24) is 15.8 Å². The molecule has 1 aliphatic heterocycles. The molecule has 1 unspecified atom stereocenters. The molecule has 1 aliphatic rings. The van der Waals surface area contributed by atoms with Gasteiger partial charge < -0.3 is 9.32 Å². The lowest BCUT2D eigenvalue weighted by atomic mass is 10.0. The number of benzene rings is 1. The first-order chi connectivity index (χ1) is 12.9. The van der Waals surface area contributed by atoms with Crippen molar-refractivity contribution < 1.29 is 18.8 Å². The van der Waals surface area contributed by atoms with E-state index in [0.717, 1.165) is 5.56 Å². The first kappa shape index (κ1) is 18.7. The topological polar surface area (TPSA) is 91.7 Å². The Bertz CT molecular complexity index is 812. The van der Waals surface area contributed by atoms with Crippen LogP contribution in [0.3, 0.4) is 0 Å². The summed E-state index contributed by atoms with van der Waals surface area (Å²) in [5.41, 5.74) is 6.43. The van der Waals surface area contributed by atoms with Crippen molar-refractivity contribution in [3.8, 4) is 0 Å². The lowest BCUT2D eigenvalue weighted by Gasteiger charge is -2.15. The van der Waals surface area contributed by atoms with Crippen molar-refractivity contribution in [2.24, 2.45) is 5.92 Å².